The Labute approximate surface area is 150 Å². The van der Waals surface area contributed by atoms with E-state index in [1.807, 2.05) is 43.3 Å². The summed E-state index contributed by atoms with van der Waals surface area (Å²) in [7, 11) is 0. The Balaban J connectivity index is 1.76. The van der Waals surface area contributed by atoms with Crippen LogP contribution in [0.5, 0.6) is 0 Å². The monoisotopic (exact) mass is 348 g/mol. The molecule has 7 nitrogen and oxygen atoms in total. The SMILES string of the molecule is CC(N)=N/N=C(/C)c1ccc(NC(=O)c2cc3cccc(N)c3[nH]2)cc1. The molecule has 1 amide bonds. The third-order valence-corrected chi connectivity index (χ3v) is 3.85. The number of carbonyl (C=O) groups is 1. The highest BCUT2D eigenvalue weighted by Gasteiger charge is 2.11. The van der Waals surface area contributed by atoms with Gasteiger partial charge < -0.3 is 21.8 Å². The number of carbonyl (C=O) groups excluding carboxylic acids is 1. The van der Waals surface area contributed by atoms with Gasteiger partial charge in [-0.05, 0) is 43.7 Å². The van der Waals surface area contributed by atoms with Gasteiger partial charge in [-0.1, -0.05) is 24.3 Å². The second-order valence-electron chi connectivity index (χ2n) is 5.95. The zero-order valence-corrected chi connectivity index (χ0v) is 14.6. The van der Waals surface area contributed by atoms with Crippen LogP contribution < -0.4 is 16.8 Å². The predicted octanol–water partition coefficient (Wildman–Crippen LogP) is 3.10. The predicted molar refractivity (Wildman–Crippen MR) is 107 cm³/mol. The van der Waals surface area contributed by atoms with Crippen LogP contribution in [0.15, 0.2) is 58.7 Å². The van der Waals surface area contributed by atoms with Gasteiger partial charge in [-0.25, -0.2) is 0 Å². The number of anilines is 2. The molecule has 0 saturated heterocycles. The first kappa shape index (κ1) is 17.2. The normalized spacial score (nSPS) is 12.4. The number of nitrogens with one attached hydrogen (secondary N) is 2. The highest BCUT2D eigenvalue weighted by atomic mass is 16.1. The Kier molecular flexibility index (Phi) is 4.70. The van der Waals surface area contributed by atoms with E-state index in [-0.39, 0.29) is 5.91 Å². The second-order valence-corrected chi connectivity index (χ2v) is 5.95. The third-order valence-electron chi connectivity index (χ3n) is 3.85. The van der Waals surface area contributed by atoms with Crippen molar-refractivity contribution in [3.63, 3.8) is 0 Å². The van der Waals surface area contributed by atoms with E-state index in [2.05, 4.69) is 20.5 Å². The van der Waals surface area contributed by atoms with Gasteiger partial charge in [0.2, 0.25) is 0 Å². The number of hydrogen-bond donors (Lipinski definition) is 4. The summed E-state index contributed by atoms with van der Waals surface area (Å²) >= 11 is 0. The average Bonchev–Trinajstić information content (AvgIpc) is 3.06. The molecule has 0 aliphatic carbocycles. The van der Waals surface area contributed by atoms with Crippen LogP contribution in [0.1, 0.15) is 29.9 Å². The highest BCUT2D eigenvalue weighted by Crippen LogP contribution is 2.22. The topological polar surface area (TPSA) is 122 Å². The van der Waals surface area contributed by atoms with Crippen LogP contribution in [0, 0.1) is 0 Å². The molecule has 0 radical (unpaired) electrons. The molecule has 0 fully saturated rings. The first-order chi connectivity index (χ1) is 12.4. The molecule has 0 unspecified atom stereocenters. The van der Waals surface area contributed by atoms with E-state index in [0.29, 0.717) is 22.9 Å². The van der Waals surface area contributed by atoms with E-state index in [9.17, 15) is 4.79 Å². The highest BCUT2D eigenvalue weighted by molar-refractivity contribution is 6.07. The van der Waals surface area contributed by atoms with E-state index >= 15 is 0 Å². The first-order valence-electron chi connectivity index (χ1n) is 8.07. The number of rotatable bonds is 4. The standard InChI is InChI=1S/C19H20N6O/c1-11(24-25-12(2)20)13-6-8-15(9-7-13)22-19(26)17-10-14-4-3-5-16(21)18(14)23-17/h3-10,23H,21H2,1-2H3,(H2,20,25)(H,22,26)/b24-11-. The van der Waals surface area contributed by atoms with Crippen molar-refractivity contribution in [3.05, 3.63) is 59.8 Å². The van der Waals surface area contributed by atoms with E-state index in [1.165, 1.54) is 0 Å². The summed E-state index contributed by atoms with van der Waals surface area (Å²) in [5.41, 5.74) is 15.5. The number of hydrogen-bond acceptors (Lipinski definition) is 4. The molecule has 2 aromatic carbocycles. The van der Waals surface area contributed by atoms with E-state index in [4.69, 9.17) is 11.5 Å². The number of para-hydroxylation sites is 1. The van der Waals surface area contributed by atoms with Crippen LogP contribution in [0.25, 0.3) is 10.9 Å². The molecule has 3 aromatic rings. The first-order valence-corrected chi connectivity index (χ1v) is 8.07. The maximum atomic E-state index is 12.5. The van der Waals surface area contributed by atoms with E-state index < -0.39 is 0 Å². The Morgan fingerprint density at radius 1 is 1.08 bits per heavy atom. The summed E-state index contributed by atoms with van der Waals surface area (Å²) in [4.78, 5) is 15.5. The Morgan fingerprint density at radius 2 is 1.81 bits per heavy atom. The number of nitrogens with zero attached hydrogens (tertiary/aromatic N) is 2. The molecule has 0 bridgehead atoms. The molecule has 0 atom stereocenters. The second kappa shape index (κ2) is 7.10. The van der Waals surface area contributed by atoms with Gasteiger partial charge in [0, 0.05) is 11.1 Å². The van der Waals surface area contributed by atoms with Crippen molar-refractivity contribution < 1.29 is 4.79 Å². The van der Waals surface area contributed by atoms with Crippen molar-refractivity contribution >= 4 is 39.7 Å². The largest absolute Gasteiger partial charge is 0.397 e. The number of H-pyrrole nitrogens is 1. The van der Waals surface area contributed by atoms with Crippen LogP contribution in [0.3, 0.4) is 0 Å². The lowest BCUT2D eigenvalue weighted by Gasteiger charge is -2.05. The minimum absolute atomic E-state index is 0.234. The van der Waals surface area contributed by atoms with Crippen molar-refractivity contribution in [2.24, 2.45) is 15.9 Å². The molecule has 132 valence electrons. The van der Waals surface area contributed by atoms with Crippen molar-refractivity contribution in [2.45, 2.75) is 13.8 Å². The van der Waals surface area contributed by atoms with Gasteiger partial charge in [0.1, 0.15) is 11.5 Å². The lowest BCUT2D eigenvalue weighted by molar-refractivity contribution is 0.102. The summed E-state index contributed by atoms with van der Waals surface area (Å²) in [5, 5.41) is 11.6. The number of aromatic amines is 1. The minimum atomic E-state index is -0.234. The molecule has 7 heteroatoms. The lowest BCUT2D eigenvalue weighted by Crippen LogP contribution is -2.12. The maximum absolute atomic E-state index is 12.5. The van der Waals surface area contributed by atoms with Crippen LogP contribution in [0.2, 0.25) is 0 Å². The molecule has 0 saturated carbocycles. The average molecular weight is 348 g/mol. The molecule has 3 rings (SSSR count). The maximum Gasteiger partial charge on any atom is 0.272 e. The Morgan fingerprint density at radius 3 is 2.46 bits per heavy atom. The quantitative estimate of drug-likeness (QED) is 0.251. The van der Waals surface area contributed by atoms with Crippen LogP contribution in [0.4, 0.5) is 11.4 Å². The third kappa shape index (κ3) is 3.72. The molecule has 0 aliphatic heterocycles. The van der Waals surface area contributed by atoms with Gasteiger partial charge in [-0.3, -0.25) is 4.79 Å². The molecule has 1 heterocycles. The summed E-state index contributed by atoms with van der Waals surface area (Å²) in [6.07, 6.45) is 0. The molecular formula is C19H20N6O. The smallest absolute Gasteiger partial charge is 0.272 e. The van der Waals surface area contributed by atoms with E-state index in [1.54, 1.807) is 19.1 Å². The molecule has 6 N–H and O–H groups in total. The fraction of sp³-hybridized carbons (Fsp3) is 0.105. The fourth-order valence-corrected chi connectivity index (χ4v) is 2.51. The number of fused-ring (bicyclic) bond motifs is 1. The van der Waals surface area contributed by atoms with Gasteiger partial charge in [0.15, 0.2) is 0 Å². The van der Waals surface area contributed by atoms with Crippen LogP contribution in [-0.2, 0) is 0 Å². The Hall–Kier alpha value is -3.61. The zero-order chi connectivity index (χ0) is 18.7. The number of nitrogens with two attached hydrogens (primary N) is 2. The molecule has 0 spiro atoms. The summed E-state index contributed by atoms with van der Waals surface area (Å²) < 4.78 is 0. The molecular weight excluding hydrogens is 328 g/mol. The van der Waals surface area contributed by atoms with Crippen molar-refractivity contribution in [2.75, 3.05) is 11.1 Å². The number of amidine groups is 1. The van der Waals surface area contributed by atoms with Gasteiger partial charge in [-0.15, -0.1) is 5.10 Å². The molecule has 26 heavy (non-hydrogen) atoms. The summed E-state index contributed by atoms with van der Waals surface area (Å²) in [6.45, 7) is 3.52. The number of amides is 1. The van der Waals surface area contributed by atoms with Crippen LogP contribution in [-0.4, -0.2) is 22.4 Å². The summed E-state index contributed by atoms with van der Waals surface area (Å²) in [6, 6.07) is 14.7. The van der Waals surface area contributed by atoms with Crippen molar-refractivity contribution in [1.82, 2.24) is 4.98 Å². The van der Waals surface area contributed by atoms with Crippen LogP contribution >= 0.6 is 0 Å². The molecule has 0 aliphatic rings. The lowest BCUT2D eigenvalue weighted by atomic mass is 10.1. The van der Waals surface area contributed by atoms with Gasteiger partial charge in [0.05, 0.1) is 16.9 Å². The number of nitrogen functional groups attached to an aromatic ring is 1. The van der Waals surface area contributed by atoms with Gasteiger partial charge >= 0.3 is 0 Å². The summed E-state index contributed by atoms with van der Waals surface area (Å²) in [5.74, 6) is 0.161. The van der Waals surface area contributed by atoms with Gasteiger partial charge in [0.25, 0.3) is 5.91 Å². The zero-order valence-electron chi connectivity index (χ0n) is 14.6. The van der Waals surface area contributed by atoms with Gasteiger partial charge in [-0.2, -0.15) is 5.10 Å². The number of benzene rings is 2. The Bertz CT molecular complexity index is 1010. The van der Waals surface area contributed by atoms with E-state index in [0.717, 1.165) is 22.2 Å². The minimum Gasteiger partial charge on any atom is -0.397 e. The molecule has 1 aromatic heterocycles. The van der Waals surface area contributed by atoms with Crippen molar-refractivity contribution in [1.29, 1.82) is 0 Å². The fourth-order valence-electron chi connectivity index (χ4n) is 2.51. The van der Waals surface area contributed by atoms with Crippen molar-refractivity contribution in [3.8, 4) is 0 Å². The number of aromatic nitrogens is 1.